The van der Waals surface area contributed by atoms with Gasteiger partial charge in [0.05, 0.1) is 19.3 Å². The van der Waals surface area contributed by atoms with Gasteiger partial charge in [-0.3, -0.25) is 4.99 Å². The van der Waals surface area contributed by atoms with Crippen molar-refractivity contribution < 1.29 is 19.0 Å². The largest absolute Gasteiger partial charge is 0.490 e. The fraction of sp³-hybridized carbons (Fsp3) is 0.619. The zero-order valence-electron chi connectivity index (χ0n) is 18.7. The van der Waals surface area contributed by atoms with Crippen LogP contribution in [0.25, 0.3) is 0 Å². The summed E-state index contributed by atoms with van der Waals surface area (Å²) in [4.78, 5) is 16.4. The van der Waals surface area contributed by atoms with Crippen LogP contribution in [0.4, 0.5) is 10.5 Å². The Morgan fingerprint density at radius 2 is 1.87 bits per heavy atom. The minimum absolute atomic E-state index is 0. The molecule has 30 heavy (non-hydrogen) atoms. The molecule has 170 valence electrons. The first-order chi connectivity index (χ1) is 13.7. The molecule has 1 aromatic rings. The number of carbonyl (C=O) groups is 1. The van der Waals surface area contributed by atoms with E-state index in [1.54, 1.807) is 7.05 Å². The molecular formula is C21H35IN4O4. The fourth-order valence-electron chi connectivity index (χ4n) is 2.68. The normalized spacial score (nSPS) is 14.8. The highest BCUT2D eigenvalue weighted by molar-refractivity contribution is 14.0. The molecule has 1 atom stereocenters. The maximum absolute atomic E-state index is 12.1. The Morgan fingerprint density at radius 3 is 2.47 bits per heavy atom. The topological polar surface area (TPSA) is 93.2 Å². The third-order valence-corrected chi connectivity index (χ3v) is 4.23. The molecule has 0 aliphatic carbocycles. The van der Waals surface area contributed by atoms with Crippen LogP contribution in [0, 0.1) is 5.92 Å². The molecule has 2 rings (SSSR count). The van der Waals surface area contributed by atoms with Gasteiger partial charge in [0.25, 0.3) is 0 Å². The van der Waals surface area contributed by atoms with Gasteiger partial charge in [-0.1, -0.05) is 13.8 Å². The highest BCUT2D eigenvalue weighted by Crippen LogP contribution is 2.32. The minimum atomic E-state index is -0.534. The van der Waals surface area contributed by atoms with Crippen LogP contribution in [0.15, 0.2) is 23.2 Å². The van der Waals surface area contributed by atoms with E-state index in [0.717, 1.165) is 23.6 Å². The molecule has 0 spiro atoms. The number of nitrogens with zero attached hydrogens (tertiary/aromatic N) is 1. The van der Waals surface area contributed by atoms with Crippen LogP contribution in [0.5, 0.6) is 11.5 Å². The number of amides is 1. The summed E-state index contributed by atoms with van der Waals surface area (Å²) in [5.41, 5.74) is 0.303. The molecule has 9 heteroatoms. The van der Waals surface area contributed by atoms with E-state index >= 15 is 0 Å². The summed E-state index contributed by atoms with van der Waals surface area (Å²) in [7, 11) is 1.70. The first kappa shape index (κ1) is 26.1. The highest BCUT2D eigenvalue weighted by atomic mass is 127. The molecular weight excluding hydrogens is 499 g/mol. The highest BCUT2D eigenvalue weighted by Gasteiger charge is 2.21. The molecule has 1 aliphatic heterocycles. The van der Waals surface area contributed by atoms with E-state index in [4.69, 9.17) is 14.2 Å². The quantitative estimate of drug-likeness (QED) is 0.301. The van der Waals surface area contributed by atoms with Gasteiger partial charge in [0.1, 0.15) is 5.60 Å². The van der Waals surface area contributed by atoms with E-state index in [-0.39, 0.29) is 35.9 Å². The number of alkyl carbamates (subject to hydrolysis) is 1. The van der Waals surface area contributed by atoms with Crippen LogP contribution in [-0.4, -0.2) is 50.5 Å². The summed E-state index contributed by atoms with van der Waals surface area (Å²) >= 11 is 0. The molecule has 0 aromatic heterocycles. The third-order valence-electron chi connectivity index (χ3n) is 4.23. The number of hydrogen-bond acceptors (Lipinski definition) is 5. The first-order valence-corrected chi connectivity index (χ1v) is 10.0. The first-order valence-electron chi connectivity index (χ1n) is 10.0. The average molecular weight is 534 g/mol. The summed E-state index contributed by atoms with van der Waals surface area (Å²) < 4.78 is 16.8. The minimum Gasteiger partial charge on any atom is -0.490 e. The second kappa shape index (κ2) is 12.1. The van der Waals surface area contributed by atoms with Crippen molar-refractivity contribution >= 4 is 41.7 Å². The molecule has 1 heterocycles. The summed E-state index contributed by atoms with van der Waals surface area (Å²) in [6.07, 6.45) is 0.436. The zero-order chi connectivity index (χ0) is 21.4. The van der Waals surface area contributed by atoms with E-state index in [9.17, 15) is 4.79 Å². The van der Waals surface area contributed by atoms with Crippen molar-refractivity contribution in [2.75, 3.05) is 32.1 Å². The molecule has 1 unspecified atom stereocenters. The van der Waals surface area contributed by atoms with Gasteiger partial charge in [0.2, 0.25) is 0 Å². The average Bonchev–Trinajstić information content (AvgIpc) is 2.87. The van der Waals surface area contributed by atoms with Gasteiger partial charge in [-0.25, -0.2) is 4.79 Å². The standard InChI is InChI=1S/C21H34N4O4.HI/c1-14(2)16(25-20(26)29-21(3,4)5)13-23-19(22-6)24-15-8-9-17-18(12-15)28-11-7-10-27-17;/h8-9,12,14,16H,7,10-11,13H2,1-6H3,(H,25,26)(H2,22,23,24);1H. The Morgan fingerprint density at radius 1 is 1.20 bits per heavy atom. The van der Waals surface area contributed by atoms with Crippen molar-refractivity contribution in [2.45, 2.75) is 52.7 Å². The monoisotopic (exact) mass is 534 g/mol. The summed E-state index contributed by atoms with van der Waals surface area (Å²) in [5.74, 6) is 2.27. The summed E-state index contributed by atoms with van der Waals surface area (Å²) in [6, 6.07) is 5.58. The van der Waals surface area contributed by atoms with Crippen LogP contribution < -0.4 is 25.4 Å². The van der Waals surface area contributed by atoms with Crippen LogP contribution in [-0.2, 0) is 4.74 Å². The molecule has 0 fully saturated rings. The number of aliphatic imine (C=N–C) groups is 1. The van der Waals surface area contributed by atoms with Crippen molar-refractivity contribution in [2.24, 2.45) is 10.9 Å². The molecule has 0 bridgehead atoms. The lowest BCUT2D eigenvalue weighted by molar-refractivity contribution is 0.0491. The number of nitrogens with one attached hydrogen (secondary N) is 3. The Balaban J connectivity index is 0.00000450. The number of anilines is 1. The Bertz CT molecular complexity index is 719. The number of halogens is 1. The number of ether oxygens (including phenoxy) is 3. The van der Waals surface area contributed by atoms with Gasteiger partial charge in [0.15, 0.2) is 17.5 Å². The lowest BCUT2D eigenvalue weighted by Crippen LogP contribution is -2.49. The molecule has 1 amide bonds. The fourth-order valence-corrected chi connectivity index (χ4v) is 2.68. The van der Waals surface area contributed by atoms with Crippen LogP contribution in [0.1, 0.15) is 41.0 Å². The van der Waals surface area contributed by atoms with Crippen molar-refractivity contribution in [3.8, 4) is 11.5 Å². The molecule has 8 nitrogen and oxygen atoms in total. The maximum Gasteiger partial charge on any atom is 0.407 e. The molecule has 0 saturated carbocycles. The molecule has 3 N–H and O–H groups in total. The Hall–Kier alpha value is -1.91. The molecule has 0 saturated heterocycles. The number of benzene rings is 1. The van der Waals surface area contributed by atoms with Gasteiger partial charge in [-0.15, -0.1) is 24.0 Å². The smallest absolute Gasteiger partial charge is 0.407 e. The van der Waals surface area contributed by atoms with Gasteiger partial charge < -0.3 is 30.2 Å². The maximum atomic E-state index is 12.1. The second-order valence-electron chi connectivity index (χ2n) is 8.29. The van der Waals surface area contributed by atoms with Crippen LogP contribution in [0.2, 0.25) is 0 Å². The molecule has 1 aliphatic rings. The van der Waals surface area contributed by atoms with Crippen molar-refractivity contribution in [3.63, 3.8) is 0 Å². The lowest BCUT2D eigenvalue weighted by atomic mass is 10.0. The lowest BCUT2D eigenvalue weighted by Gasteiger charge is -2.26. The predicted molar refractivity (Wildman–Crippen MR) is 130 cm³/mol. The molecule has 1 aromatic carbocycles. The number of fused-ring (bicyclic) bond motifs is 1. The summed E-state index contributed by atoms with van der Waals surface area (Å²) in [6.45, 7) is 11.4. The number of rotatable bonds is 5. The van der Waals surface area contributed by atoms with E-state index in [1.807, 2.05) is 52.8 Å². The second-order valence-corrected chi connectivity index (χ2v) is 8.29. The van der Waals surface area contributed by atoms with Crippen molar-refractivity contribution in [3.05, 3.63) is 18.2 Å². The number of guanidine groups is 1. The van der Waals surface area contributed by atoms with Crippen LogP contribution >= 0.6 is 24.0 Å². The molecule has 0 radical (unpaired) electrons. The number of carbonyl (C=O) groups excluding carboxylic acids is 1. The van der Waals surface area contributed by atoms with E-state index in [1.165, 1.54) is 0 Å². The van der Waals surface area contributed by atoms with Gasteiger partial charge in [0, 0.05) is 31.8 Å². The van der Waals surface area contributed by atoms with Crippen molar-refractivity contribution in [1.29, 1.82) is 0 Å². The number of hydrogen-bond donors (Lipinski definition) is 3. The van der Waals surface area contributed by atoms with Crippen LogP contribution in [0.3, 0.4) is 0 Å². The van der Waals surface area contributed by atoms with E-state index in [0.29, 0.717) is 25.7 Å². The van der Waals surface area contributed by atoms with E-state index < -0.39 is 11.7 Å². The van der Waals surface area contributed by atoms with Gasteiger partial charge in [-0.05, 0) is 38.8 Å². The SMILES string of the molecule is CN=C(NCC(NC(=O)OC(C)(C)C)C(C)C)Nc1ccc2c(c1)OCCCO2.I. The summed E-state index contributed by atoms with van der Waals surface area (Å²) in [5, 5.41) is 9.42. The van der Waals surface area contributed by atoms with Gasteiger partial charge in [-0.2, -0.15) is 0 Å². The zero-order valence-corrected chi connectivity index (χ0v) is 21.0. The van der Waals surface area contributed by atoms with Crippen molar-refractivity contribution in [1.82, 2.24) is 10.6 Å². The Labute approximate surface area is 196 Å². The predicted octanol–water partition coefficient (Wildman–Crippen LogP) is 4.00. The van der Waals surface area contributed by atoms with Gasteiger partial charge >= 0.3 is 6.09 Å². The Kier molecular flexibility index (Phi) is 10.5. The third kappa shape index (κ3) is 8.85. The van der Waals surface area contributed by atoms with E-state index in [2.05, 4.69) is 20.9 Å².